The highest BCUT2D eigenvalue weighted by Crippen LogP contribution is 2.17. The van der Waals surface area contributed by atoms with Gasteiger partial charge in [-0.2, -0.15) is 0 Å². The van der Waals surface area contributed by atoms with Gasteiger partial charge in [0.05, 0.1) is 12.0 Å². The SMILES string of the molecule is NC1CCC(NC(=O)Cc2ccccc2C(=O)O)CC1. The molecular formula is C15H20N2O3. The number of benzene rings is 1. The van der Waals surface area contributed by atoms with Crippen LogP contribution in [0.25, 0.3) is 0 Å². The molecule has 20 heavy (non-hydrogen) atoms. The fourth-order valence-corrected chi connectivity index (χ4v) is 2.60. The highest BCUT2D eigenvalue weighted by Gasteiger charge is 2.20. The topological polar surface area (TPSA) is 92.4 Å². The molecule has 0 heterocycles. The predicted octanol–water partition coefficient (Wildman–Crippen LogP) is 1.31. The molecule has 2 rings (SSSR count). The molecule has 5 heteroatoms. The van der Waals surface area contributed by atoms with Gasteiger partial charge in [0.25, 0.3) is 0 Å². The number of carbonyl (C=O) groups is 2. The largest absolute Gasteiger partial charge is 0.478 e. The minimum absolute atomic E-state index is 0.102. The number of hydrogen-bond donors (Lipinski definition) is 3. The van der Waals surface area contributed by atoms with Crippen LogP contribution < -0.4 is 11.1 Å². The number of carbonyl (C=O) groups excluding carboxylic acids is 1. The van der Waals surface area contributed by atoms with Crippen LogP contribution in [-0.2, 0) is 11.2 Å². The molecule has 1 aliphatic rings. The van der Waals surface area contributed by atoms with E-state index >= 15 is 0 Å². The monoisotopic (exact) mass is 276 g/mol. The molecule has 4 N–H and O–H groups in total. The van der Waals surface area contributed by atoms with Crippen molar-refractivity contribution in [3.8, 4) is 0 Å². The second kappa shape index (κ2) is 6.52. The van der Waals surface area contributed by atoms with E-state index in [1.54, 1.807) is 18.2 Å². The van der Waals surface area contributed by atoms with Crippen molar-refractivity contribution in [2.24, 2.45) is 5.73 Å². The first kappa shape index (κ1) is 14.5. The number of aromatic carboxylic acids is 1. The molecule has 1 aromatic carbocycles. The summed E-state index contributed by atoms with van der Waals surface area (Å²) in [7, 11) is 0. The number of rotatable bonds is 4. The van der Waals surface area contributed by atoms with Crippen molar-refractivity contribution >= 4 is 11.9 Å². The quantitative estimate of drug-likeness (QED) is 0.773. The molecule has 1 aromatic rings. The normalized spacial score (nSPS) is 22.2. The molecule has 0 aromatic heterocycles. The molecule has 0 radical (unpaired) electrons. The Labute approximate surface area is 118 Å². The molecule has 108 valence electrons. The number of carboxylic acid groups (broad SMARTS) is 1. The number of carboxylic acids is 1. The van der Waals surface area contributed by atoms with E-state index in [0.717, 1.165) is 25.7 Å². The molecule has 1 saturated carbocycles. The average Bonchev–Trinajstić information content (AvgIpc) is 2.41. The minimum atomic E-state index is -1.00. The van der Waals surface area contributed by atoms with Crippen LogP contribution in [0, 0.1) is 0 Å². The predicted molar refractivity (Wildman–Crippen MR) is 75.5 cm³/mol. The Morgan fingerprint density at radius 3 is 2.50 bits per heavy atom. The van der Waals surface area contributed by atoms with Gasteiger partial charge in [-0.15, -0.1) is 0 Å². The highest BCUT2D eigenvalue weighted by atomic mass is 16.4. The third-order valence-electron chi connectivity index (χ3n) is 3.74. The maximum Gasteiger partial charge on any atom is 0.335 e. The molecule has 0 bridgehead atoms. The maximum absolute atomic E-state index is 12.0. The number of hydrogen-bond acceptors (Lipinski definition) is 3. The number of amides is 1. The van der Waals surface area contributed by atoms with Crippen molar-refractivity contribution in [3.63, 3.8) is 0 Å². The van der Waals surface area contributed by atoms with Gasteiger partial charge in [-0.05, 0) is 37.3 Å². The standard InChI is InChI=1S/C15H20N2O3/c16-11-5-7-12(8-6-11)17-14(18)9-10-3-1-2-4-13(10)15(19)20/h1-4,11-12H,5-9,16H2,(H,17,18)(H,19,20). The summed E-state index contributed by atoms with van der Waals surface area (Å²) < 4.78 is 0. The zero-order valence-electron chi connectivity index (χ0n) is 11.3. The molecule has 0 unspecified atom stereocenters. The zero-order valence-corrected chi connectivity index (χ0v) is 11.3. The van der Waals surface area contributed by atoms with Gasteiger partial charge in [0, 0.05) is 12.1 Å². The molecule has 1 fully saturated rings. The Kier molecular flexibility index (Phi) is 4.74. The van der Waals surface area contributed by atoms with Crippen LogP contribution in [0.15, 0.2) is 24.3 Å². The summed E-state index contributed by atoms with van der Waals surface area (Å²) in [5.41, 5.74) is 6.56. The first-order valence-electron chi connectivity index (χ1n) is 6.92. The van der Waals surface area contributed by atoms with Crippen LogP contribution in [-0.4, -0.2) is 29.1 Å². The molecule has 0 aliphatic heterocycles. The van der Waals surface area contributed by atoms with Crippen molar-refractivity contribution in [3.05, 3.63) is 35.4 Å². The van der Waals surface area contributed by atoms with E-state index in [1.807, 2.05) is 0 Å². The third kappa shape index (κ3) is 3.81. The van der Waals surface area contributed by atoms with Gasteiger partial charge in [0.15, 0.2) is 0 Å². The lowest BCUT2D eigenvalue weighted by atomic mass is 9.91. The molecule has 5 nitrogen and oxygen atoms in total. The summed E-state index contributed by atoms with van der Waals surface area (Å²) in [6.07, 6.45) is 3.75. The second-order valence-corrected chi connectivity index (χ2v) is 5.32. The Bertz CT molecular complexity index is 494. The summed E-state index contributed by atoms with van der Waals surface area (Å²) in [5, 5.41) is 12.1. The van der Waals surface area contributed by atoms with Crippen LogP contribution >= 0.6 is 0 Å². The van der Waals surface area contributed by atoms with E-state index in [-0.39, 0.29) is 30.0 Å². The van der Waals surface area contributed by atoms with Gasteiger partial charge in [-0.25, -0.2) is 4.79 Å². The van der Waals surface area contributed by atoms with Gasteiger partial charge in [-0.1, -0.05) is 18.2 Å². The third-order valence-corrected chi connectivity index (χ3v) is 3.74. The second-order valence-electron chi connectivity index (χ2n) is 5.32. The molecule has 0 spiro atoms. The lowest BCUT2D eigenvalue weighted by Crippen LogP contribution is -2.41. The fraction of sp³-hybridized carbons (Fsp3) is 0.467. The summed E-state index contributed by atoms with van der Waals surface area (Å²) in [4.78, 5) is 23.1. The lowest BCUT2D eigenvalue weighted by Gasteiger charge is -2.26. The summed E-state index contributed by atoms with van der Waals surface area (Å²) in [5.74, 6) is -1.13. The van der Waals surface area contributed by atoms with Crippen LogP contribution in [0.1, 0.15) is 41.6 Å². The Morgan fingerprint density at radius 2 is 1.85 bits per heavy atom. The van der Waals surface area contributed by atoms with Gasteiger partial charge in [0.2, 0.25) is 5.91 Å². The van der Waals surface area contributed by atoms with E-state index < -0.39 is 5.97 Å². The smallest absolute Gasteiger partial charge is 0.335 e. The number of nitrogens with one attached hydrogen (secondary N) is 1. The zero-order chi connectivity index (χ0) is 14.5. The van der Waals surface area contributed by atoms with Gasteiger partial charge in [-0.3, -0.25) is 4.79 Å². The first-order chi connectivity index (χ1) is 9.56. The van der Waals surface area contributed by atoms with E-state index in [1.165, 1.54) is 6.07 Å². The van der Waals surface area contributed by atoms with Gasteiger partial charge >= 0.3 is 5.97 Å². The van der Waals surface area contributed by atoms with Crippen molar-refractivity contribution in [1.29, 1.82) is 0 Å². The van der Waals surface area contributed by atoms with E-state index in [4.69, 9.17) is 10.8 Å². The maximum atomic E-state index is 12.0. The van der Waals surface area contributed by atoms with Crippen molar-refractivity contribution < 1.29 is 14.7 Å². The van der Waals surface area contributed by atoms with E-state index in [0.29, 0.717) is 5.56 Å². The summed E-state index contributed by atoms with van der Waals surface area (Å²) in [6.45, 7) is 0. The number of nitrogens with two attached hydrogens (primary N) is 1. The minimum Gasteiger partial charge on any atom is -0.478 e. The van der Waals surface area contributed by atoms with Crippen molar-refractivity contribution in [2.45, 2.75) is 44.2 Å². The van der Waals surface area contributed by atoms with E-state index in [9.17, 15) is 9.59 Å². The van der Waals surface area contributed by atoms with Crippen LogP contribution in [0.4, 0.5) is 0 Å². The Hall–Kier alpha value is -1.88. The molecule has 0 saturated heterocycles. The summed E-state index contributed by atoms with van der Waals surface area (Å²) >= 11 is 0. The average molecular weight is 276 g/mol. The first-order valence-corrected chi connectivity index (χ1v) is 6.92. The lowest BCUT2D eigenvalue weighted by molar-refractivity contribution is -0.121. The Balaban J connectivity index is 1.93. The molecule has 0 atom stereocenters. The van der Waals surface area contributed by atoms with Crippen molar-refractivity contribution in [2.75, 3.05) is 0 Å². The van der Waals surface area contributed by atoms with Gasteiger partial charge < -0.3 is 16.2 Å². The molecule has 1 aliphatic carbocycles. The van der Waals surface area contributed by atoms with Crippen LogP contribution in [0.5, 0.6) is 0 Å². The fourth-order valence-electron chi connectivity index (χ4n) is 2.60. The Morgan fingerprint density at radius 1 is 1.20 bits per heavy atom. The molecular weight excluding hydrogens is 256 g/mol. The highest BCUT2D eigenvalue weighted by molar-refractivity contribution is 5.91. The molecule has 1 amide bonds. The van der Waals surface area contributed by atoms with Crippen LogP contribution in [0.2, 0.25) is 0 Å². The summed E-state index contributed by atoms with van der Waals surface area (Å²) in [6, 6.07) is 7.02. The van der Waals surface area contributed by atoms with Crippen LogP contribution in [0.3, 0.4) is 0 Å². The van der Waals surface area contributed by atoms with Crippen molar-refractivity contribution in [1.82, 2.24) is 5.32 Å². The van der Waals surface area contributed by atoms with Gasteiger partial charge in [0.1, 0.15) is 0 Å². The van der Waals surface area contributed by atoms with E-state index in [2.05, 4.69) is 5.32 Å².